The first-order valence-electron chi connectivity index (χ1n) is 9.98. The first-order valence-corrected chi connectivity index (χ1v) is 11.6. The number of carbonyl (C=O) groups excluding carboxylic acids is 1. The molecule has 2 N–H and O–H groups in total. The average Bonchev–Trinajstić information content (AvgIpc) is 2.65. The van der Waals surface area contributed by atoms with Crippen molar-refractivity contribution in [1.29, 1.82) is 0 Å². The van der Waals surface area contributed by atoms with E-state index in [9.17, 15) is 9.90 Å². The van der Waals surface area contributed by atoms with Gasteiger partial charge in [-0.25, -0.2) is 5.43 Å². The van der Waals surface area contributed by atoms with Crippen molar-refractivity contribution < 1.29 is 9.90 Å². The number of anilines is 1. The first kappa shape index (κ1) is 22.8. The maximum atomic E-state index is 12.4. The lowest BCUT2D eigenvalue weighted by molar-refractivity contribution is 0.0952. The summed E-state index contributed by atoms with van der Waals surface area (Å²) in [7, 11) is 0. The van der Waals surface area contributed by atoms with Gasteiger partial charge in [-0.05, 0) is 96.9 Å². The molecule has 2 aromatic rings. The zero-order valence-electron chi connectivity index (χ0n) is 17.9. The topological polar surface area (TPSA) is 64.9 Å². The highest BCUT2D eigenvalue weighted by Gasteiger charge is 2.35. The fourth-order valence-corrected chi connectivity index (χ4v) is 5.57. The summed E-state index contributed by atoms with van der Waals surface area (Å²) in [4.78, 5) is 14.9. The molecule has 1 aliphatic heterocycles. The highest BCUT2D eigenvalue weighted by atomic mass is 79.9. The SMILES string of the molecule is CCN1c2cc(C)c(/C=N\NC(=O)c3cc(Br)cc(Br)c3O)cc2[C@H](C)CC1(C)C. The number of phenolic OH excluding ortho intramolecular Hbond substituents is 1. The van der Waals surface area contributed by atoms with Crippen LogP contribution < -0.4 is 10.3 Å². The van der Waals surface area contributed by atoms with Crippen LogP contribution in [0.25, 0.3) is 0 Å². The lowest BCUT2D eigenvalue weighted by atomic mass is 9.79. The van der Waals surface area contributed by atoms with Gasteiger partial charge in [0.05, 0.1) is 16.3 Å². The molecule has 160 valence electrons. The molecule has 1 aliphatic rings. The molecule has 3 rings (SSSR count). The predicted octanol–water partition coefficient (Wildman–Crippen LogP) is 6.10. The zero-order chi connectivity index (χ0) is 22.2. The van der Waals surface area contributed by atoms with Crippen molar-refractivity contribution in [2.75, 3.05) is 11.4 Å². The molecule has 0 saturated heterocycles. The Balaban J connectivity index is 1.86. The van der Waals surface area contributed by atoms with Gasteiger partial charge in [-0.1, -0.05) is 22.9 Å². The van der Waals surface area contributed by atoms with Crippen LogP contribution in [-0.2, 0) is 0 Å². The third kappa shape index (κ3) is 4.42. The summed E-state index contributed by atoms with van der Waals surface area (Å²) in [6, 6.07) is 7.62. The molecule has 1 amide bonds. The van der Waals surface area contributed by atoms with E-state index in [2.05, 4.69) is 94.0 Å². The lowest BCUT2D eigenvalue weighted by Crippen LogP contribution is -2.48. The zero-order valence-corrected chi connectivity index (χ0v) is 21.1. The maximum Gasteiger partial charge on any atom is 0.275 e. The molecule has 2 aromatic carbocycles. The van der Waals surface area contributed by atoms with Crippen molar-refractivity contribution in [2.45, 2.75) is 52.5 Å². The Labute approximate surface area is 194 Å². The lowest BCUT2D eigenvalue weighted by Gasteiger charge is -2.47. The van der Waals surface area contributed by atoms with E-state index in [4.69, 9.17) is 0 Å². The molecule has 30 heavy (non-hydrogen) atoms. The van der Waals surface area contributed by atoms with E-state index in [0.29, 0.717) is 14.9 Å². The fraction of sp³-hybridized carbons (Fsp3) is 0.391. The number of amides is 1. The number of fused-ring (bicyclic) bond motifs is 1. The second-order valence-corrected chi connectivity index (χ2v) is 10.2. The number of hydrogen-bond donors (Lipinski definition) is 2. The van der Waals surface area contributed by atoms with Crippen molar-refractivity contribution in [1.82, 2.24) is 5.43 Å². The summed E-state index contributed by atoms with van der Waals surface area (Å²) in [5.41, 5.74) is 7.44. The number of phenols is 1. The van der Waals surface area contributed by atoms with Gasteiger partial charge in [0.15, 0.2) is 0 Å². The Kier molecular flexibility index (Phi) is 6.63. The normalized spacial score (nSPS) is 17.8. The van der Waals surface area contributed by atoms with Crippen LogP contribution in [0.15, 0.2) is 38.3 Å². The smallest absolute Gasteiger partial charge is 0.275 e. The molecule has 1 heterocycles. The summed E-state index contributed by atoms with van der Waals surface area (Å²) in [6.07, 6.45) is 2.75. The van der Waals surface area contributed by atoms with Crippen molar-refractivity contribution in [3.63, 3.8) is 0 Å². The predicted molar refractivity (Wildman–Crippen MR) is 130 cm³/mol. The maximum absolute atomic E-state index is 12.4. The third-order valence-electron chi connectivity index (χ3n) is 5.73. The van der Waals surface area contributed by atoms with Gasteiger partial charge in [0.1, 0.15) is 5.75 Å². The van der Waals surface area contributed by atoms with E-state index in [0.717, 1.165) is 24.1 Å². The van der Waals surface area contributed by atoms with Crippen LogP contribution in [0.2, 0.25) is 0 Å². The Morgan fingerprint density at radius 2 is 2.03 bits per heavy atom. The van der Waals surface area contributed by atoms with Gasteiger partial charge in [-0.3, -0.25) is 4.79 Å². The molecule has 0 aliphatic carbocycles. The second kappa shape index (κ2) is 8.71. The van der Waals surface area contributed by atoms with Crippen LogP contribution in [0.4, 0.5) is 5.69 Å². The summed E-state index contributed by atoms with van der Waals surface area (Å²) in [5.74, 6) is -0.156. The number of carbonyl (C=O) groups is 1. The number of nitrogens with zero attached hydrogens (tertiary/aromatic N) is 2. The molecule has 0 aromatic heterocycles. The molecule has 0 radical (unpaired) electrons. The van der Waals surface area contributed by atoms with E-state index in [-0.39, 0.29) is 16.9 Å². The molecule has 5 nitrogen and oxygen atoms in total. The average molecular weight is 537 g/mol. The first-order chi connectivity index (χ1) is 14.0. The van der Waals surface area contributed by atoms with Gasteiger partial charge in [0.2, 0.25) is 0 Å². The van der Waals surface area contributed by atoms with E-state index in [1.165, 1.54) is 11.3 Å². The number of benzene rings is 2. The van der Waals surface area contributed by atoms with E-state index < -0.39 is 5.91 Å². The number of nitrogens with one attached hydrogen (secondary N) is 1. The van der Waals surface area contributed by atoms with Crippen LogP contribution in [0.5, 0.6) is 5.75 Å². The van der Waals surface area contributed by atoms with Gasteiger partial charge < -0.3 is 10.0 Å². The van der Waals surface area contributed by atoms with Gasteiger partial charge in [0.25, 0.3) is 5.91 Å². The summed E-state index contributed by atoms with van der Waals surface area (Å²) < 4.78 is 1.12. The van der Waals surface area contributed by atoms with Gasteiger partial charge in [0, 0.05) is 22.2 Å². The molecule has 1 atom stereocenters. The van der Waals surface area contributed by atoms with Crippen molar-refractivity contribution >= 4 is 49.7 Å². The second-order valence-electron chi connectivity index (χ2n) is 8.41. The molecule has 0 saturated carbocycles. The van der Waals surface area contributed by atoms with Crippen LogP contribution >= 0.6 is 31.9 Å². The summed E-state index contributed by atoms with van der Waals surface area (Å²) in [6.45, 7) is 12.1. The van der Waals surface area contributed by atoms with Gasteiger partial charge in [-0.15, -0.1) is 0 Å². The number of halogens is 2. The van der Waals surface area contributed by atoms with Gasteiger partial charge in [-0.2, -0.15) is 5.10 Å². The molecule has 7 heteroatoms. The van der Waals surface area contributed by atoms with Crippen molar-refractivity contribution in [3.05, 3.63) is 55.5 Å². The number of aryl methyl sites for hydroxylation is 1. The number of hydrazone groups is 1. The number of rotatable bonds is 4. The monoisotopic (exact) mass is 535 g/mol. The Morgan fingerprint density at radius 1 is 1.33 bits per heavy atom. The Hall–Kier alpha value is -1.86. The summed E-state index contributed by atoms with van der Waals surface area (Å²) in [5, 5.41) is 14.3. The van der Waals surface area contributed by atoms with Gasteiger partial charge >= 0.3 is 0 Å². The van der Waals surface area contributed by atoms with Crippen molar-refractivity contribution in [2.24, 2.45) is 5.10 Å². The third-order valence-corrected chi connectivity index (χ3v) is 6.79. The highest BCUT2D eigenvalue weighted by molar-refractivity contribution is 9.11. The standard InChI is InChI=1S/C23H27Br2N3O2/c1-6-28-20-7-13(2)15(8-17(20)14(3)11-23(28,4)5)12-26-27-22(30)18-9-16(24)10-19(25)21(18)29/h7-10,12,14,29H,6,11H2,1-5H3,(H,27,30)/b26-12-/t14-/m1/s1. The molecular weight excluding hydrogens is 510 g/mol. The molecule has 0 spiro atoms. The fourth-order valence-electron chi connectivity index (χ4n) is 4.35. The Bertz CT molecular complexity index is 1020. The minimum atomic E-state index is -0.478. The van der Waals surface area contributed by atoms with Crippen molar-refractivity contribution in [3.8, 4) is 5.75 Å². The van der Waals surface area contributed by atoms with Crippen LogP contribution in [0.1, 0.15) is 67.1 Å². The molecule has 0 bridgehead atoms. The minimum absolute atomic E-state index is 0.119. The van der Waals surface area contributed by atoms with Crippen LogP contribution in [-0.4, -0.2) is 29.3 Å². The minimum Gasteiger partial charge on any atom is -0.506 e. The molecular formula is C23H27Br2N3O2. The molecule has 0 unspecified atom stereocenters. The summed E-state index contributed by atoms with van der Waals surface area (Å²) >= 11 is 6.56. The quantitative estimate of drug-likeness (QED) is 0.366. The van der Waals surface area contributed by atoms with E-state index in [1.807, 2.05) is 0 Å². The Morgan fingerprint density at radius 3 is 2.70 bits per heavy atom. The number of aromatic hydroxyl groups is 1. The van der Waals surface area contributed by atoms with E-state index >= 15 is 0 Å². The molecule has 0 fully saturated rings. The van der Waals surface area contributed by atoms with Crippen LogP contribution in [0.3, 0.4) is 0 Å². The largest absolute Gasteiger partial charge is 0.506 e. The van der Waals surface area contributed by atoms with Crippen LogP contribution in [0, 0.1) is 6.92 Å². The van der Waals surface area contributed by atoms with E-state index in [1.54, 1.807) is 18.3 Å². The number of hydrogen-bond acceptors (Lipinski definition) is 4. The highest BCUT2D eigenvalue weighted by Crippen LogP contribution is 2.44.